The lowest BCUT2D eigenvalue weighted by Gasteiger charge is -2.17. The lowest BCUT2D eigenvalue weighted by molar-refractivity contribution is -0.142. The highest BCUT2D eigenvalue weighted by molar-refractivity contribution is 5.73. The monoisotopic (exact) mass is 339 g/mol. The minimum atomic E-state index is -3.30. The Morgan fingerprint density at radius 2 is 2.04 bits per heavy atom. The van der Waals surface area contributed by atoms with E-state index in [-0.39, 0.29) is 24.4 Å². The average molecular weight is 339 g/mol. The summed E-state index contributed by atoms with van der Waals surface area (Å²) >= 11 is 0. The number of carbonyl (C=O) groups excluding carboxylic acids is 1. The van der Waals surface area contributed by atoms with E-state index in [0.717, 1.165) is 0 Å². The maximum Gasteiger partial charge on any atom is 0.310 e. The third-order valence-corrected chi connectivity index (χ3v) is 3.13. The molecule has 0 bridgehead atoms. The van der Waals surface area contributed by atoms with Gasteiger partial charge in [0.1, 0.15) is 5.69 Å². The van der Waals surface area contributed by atoms with Crippen LogP contribution >= 0.6 is 0 Å². The Bertz CT molecular complexity index is 696. The highest BCUT2D eigenvalue weighted by Crippen LogP contribution is 2.27. The molecule has 0 atom stereocenters. The number of nitrogens with zero attached hydrogens (tertiary/aromatic N) is 2. The SMILES string of the molecule is CCOC(=O)Cc1ccnc(NCC(F)(F)c2ccccn2)c1F. The van der Waals surface area contributed by atoms with Gasteiger partial charge in [-0.3, -0.25) is 9.78 Å². The summed E-state index contributed by atoms with van der Waals surface area (Å²) in [7, 11) is 0. The topological polar surface area (TPSA) is 64.1 Å². The Kier molecular flexibility index (Phi) is 5.73. The number of nitrogens with one attached hydrogen (secondary N) is 1. The van der Waals surface area contributed by atoms with Gasteiger partial charge >= 0.3 is 11.9 Å². The van der Waals surface area contributed by atoms with Crippen LogP contribution in [-0.4, -0.2) is 29.1 Å². The van der Waals surface area contributed by atoms with E-state index in [9.17, 15) is 18.0 Å². The number of hydrogen-bond donors (Lipinski definition) is 1. The molecule has 2 rings (SSSR count). The first-order valence-corrected chi connectivity index (χ1v) is 7.26. The number of alkyl halides is 2. The normalized spacial score (nSPS) is 11.2. The van der Waals surface area contributed by atoms with E-state index in [0.29, 0.717) is 0 Å². The van der Waals surface area contributed by atoms with Crippen LogP contribution < -0.4 is 5.32 Å². The zero-order valence-electron chi connectivity index (χ0n) is 12.9. The fourth-order valence-electron chi connectivity index (χ4n) is 1.98. The van der Waals surface area contributed by atoms with E-state index in [4.69, 9.17) is 4.74 Å². The number of esters is 1. The molecular weight excluding hydrogens is 323 g/mol. The summed E-state index contributed by atoms with van der Waals surface area (Å²) in [5.41, 5.74) is -0.410. The molecule has 8 heteroatoms. The Balaban J connectivity index is 2.09. The highest BCUT2D eigenvalue weighted by atomic mass is 19.3. The lowest BCUT2D eigenvalue weighted by Crippen LogP contribution is -2.26. The summed E-state index contributed by atoms with van der Waals surface area (Å²) < 4.78 is 47.1. The minimum Gasteiger partial charge on any atom is -0.466 e. The van der Waals surface area contributed by atoms with Crippen molar-refractivity contribution < 1.29 is 22.7 Å². The Morgan fingerprint density at radius 1 is 1.25 bits per heavy atom. The first-order valence-electron chi connectivity index (χ1n) is 7.26. The Labute approximate surface area is 136 Å². The van der Waals surface area contributed by atoms with Gasteiger partial charge in [-0.2, -0.15) is 8.78 Å². The zero-order valence-corrected chi connectivity index (χ0v) is 12.9. The van der Waals surface area contributed by atoms with Crippen LogP contribution in [0.2, 0.25) is 0 Å². The van der Waals surface area contributed by atoms with Crippen molar-refractivity contribution >= 4 is 11.8 Å². The van der Waals surface area contributed by atoms with Gasteiger partial charge < -0.3 is 10.1 Å². The lowest BCUT2D eigenvalue weighted by atomic mass is 10.1. The van der Waals surface area contributed by atoms with Crippen LogP contribution in [0.5, 0.6) is 0 Å². The molecule has 2 heterocycles. The van der Waals surface area contributed by atoms with Crippen molar-refractivity contribution in [1.29, 1.82) is 0 Å². The molecule has 0 saturated carbocycles. The summed E-state index contributed by atoms with van der Waals surface area (Å²) in [6.45, 7) is 0.928. The smallest absolute Gasteiger partial charge is 0.310 e. The fourth-order valence-corrected chi connectivity index (χ4v) is 1.98. The molecule has 0 amide bonds. The molecule has 0 aromatic carbocycles. The summed E-state index contributed by atoms with van der Waals surface area (Å²) in [6, 6.07) is 5.44. The van der Waals surface area contributed by atoms with Gasteiger partial charge in [-0.05, 0) is 25.1 Å². The first kappa shape index (κ1) is 17.7. The quantitative estimate of drug-likeness (QED) is 0.786. The second-order valence-corrected chi connectivity index (χ2v) is 4.89. The van der Waals surface area contributed by atoms with Crippen LogP contribution in [0.15, 0.2) is 36.7 Å². The number of anilines is 1. The van der Waals surface area contributed by atoms with Gasteiger partial charge in [0.2, 0.25) is 0 Å². The van der Waals surface area contributed by atoms with E-state index >= 15 is 0 Å². The predicted octanol–water partition coefficient (Wildman–Crippen LogP) is 2.93. The van der Waals surface area contributed by atoms with E-state index in [2.05, 4.69) is 15.3 Å². The van der Waals surface area contributed by atoms with Crippen LogP contribution in [0, 0.1) is 5.82 Å². The third kappa shape index (κ3) is 4.43. The van der Waals surface area contributed by atoms with Gasteiger partial charge in [0, 0.05) is 18.0 Å². The second-order valence-electron chi connectivity index (χ2n) is 4.89. The molecule has 0 aliphatic carbocycles. The summed E-state index contributed by atoms with van der Waals surface area (Å²) in [6.07, 6.45) is 2.19. The molecule has 128 valence electrons. The third-order valence-electron chi connectivity index (χ3n) is 3.13. The molecular formula is C16H16F3N3O2. The van der Waals surface area contributed by atoms with Crippen LogP contribution in [0.25, 0.3) is 0 Å². The molecule has 0 saturated heterocycles. The molecule has 5 nitrogen and oxygen atoms in total. The van der Waals surface area contributed by atoms with Crippen LogP contribution in [-0.2, 0) is 21.9 Å². The van der Waals surface area contributed by atoms with E-state index < -0.39 is 29.9 Å². The number of halogens is 3. The first-order chi connectivity index (χ1) is 11.4. The van der Waals surface area contributed by atoms with Crippen molar-refractivity contribution in [2.24, 2.45) is 0 Å². The number of aromatic nitrogens is 2. The van der Waals surface area contributed by atoms with Gasteiger partial charge in [-0.15, -0.1) is 0 Å². The van der Waals surface area contributed by atoms with Crippen molar-refractivity contribution in [2.75, 3.05) is 18.5 Å². The van der Waals surface area contributed by atoms with Crippen LogP contribution in [0.3, 0.4) is 0 Å². The van der Waals surface area contributed by atoms with Crippen molar-refractivity contribution in [3.05, 3.63) is 53.7 Å². The largest absolute Gasteiger partial charge is 0.466 e. The molecule has 1 N–H and O–H groups in total. The van der Waals surface area contributed by atoms with E-state index in [1.807, 2.05) is 0 Å². The molecule has 0 aliphatic heterocycles. The number of rotatable bonds is 7. The molecule has 0 radical (unpaired) electrons. The van der Waals surface area contributed by atoms with Gasteiger partial charge in [0.15, 0.2) is 11.6 Å². The van der Waals surface area contributed by atoms with E-state index in [1.165, 1.54) is 36.7 Å². The van der Waals surface area contributed by atoms with Crippen LogP contribution in [0.4, 0.5) is 19.0 Å². The van der Waals surface area contributed by atoms with E-state index in [1.54, 1.807) is 6.92 Å². The number of ether oxygens (including phenoxy) is 1. The molecule has 0 fully saturated rings. The van der Waals surface area contributed by atoms with Crippen LogP contribution in [0.1, 0.15) is 18.2 Å². The maximum absolute atomic E-state index is 14.3. The summed E-state index contributed by atoms with van der Waals surface area (Å²) in [5.74, 6) is -5.12. The predicted molar refractivity (Wildman–Crippen MR) is 81.2 cm³/mol. The summed E-state index contributed by atoms with van der Waals surface area (Å²) in [5, 5.41) is 2.27. The minimum absolute atomic E-state index is 0.0205. The van der Waals surface area contributed by atoms with Gasteiger partial charge in [-0.1, -0.05) is 6.07 Å². The number of hydrogen-bond acceptors (Lipinski definition) is 5. The van der Waals surface area contributed by atoms with Gasteiger partial charge in [-0.25, -0.2) is 9.37 Å². The second kappa shape index (κ2) is 7.76. The molecule has 2 aromatic heterocycles. The molecule has 0 aliphatic rings. The molecule has 2 aromatic rings. The Morgan fingerprint density at radius 3 is 2.71 bits per heavy atom. The number of carbonyl (C=O) groups is 1. The van der Waals surface area contributed by atoms with Crippen molar-refractivity contribution in [2.45, 2.75) is 19.3 Å². The average Bonchev–Trinajstić information content (AvgIpc) is 2.57. The van der Waals surface area contributed by atoms with Crippen molar-refractivity contribution in [3.63, 3.8) is 0 Å². The standard InChI is InChI=1S/C16H16F3N3O2/c1-2-24-13(23)9-11-6-8-21-15(14(11)17)22-10-16(18,19)12-5-3-4-7-20-12/h3-8H,2,9-10H2,1H3,(H,21,22). The van der Waals surface area contributed by atoms with Crippen molar-refractivity contribution in [1.82, 2.24) is 9.97 Å². The molecule has 24 heavy (non-hydrogen) atoms. The maximum atomic E-state index is 14.3. The Hall–Kier alpha value is -2.64. The number of pyridine rings is 2. The molecule has 0 unspecified atom stereocenters. The fraction of sp³-hybridized carbons (Fsp3) is 0.312. The van der Waals surface area contributed by atoms with Crippen molar-refractivity contribution in [3.8, 4) is 0 Å². The highest BCUT2D eigenvalue weighted by Gasteiger charge is 2.33. The zero-order chi connectivity index (χ0) is 17.6. The van der Waals surface area contributed by atoms with Gasteiger partial charge in [0.25, 0.3) is 0 Å². The molecule has 0 spiro atoms. The summed E-state index contributed by atoms with van der Waals surface area (Å²) in [4.78, 5) is 18.7. The van der Waals surface area contributed by atoms with Gasteiger partial charge in [0.05, 0.1) is 19.6 Å².